The number of hydrogen-bond donors (Lipinski definition) is 1. The van der Waals surface area contributed by atoms with Gasteiger partial charge in [0.15, 0.2) is 0 Å². The molecule has 19 heavy (non-hydrogen) atoms. The summed E-state index contributed by atoms with van der Waals surface area (Å²) in [5.41, 5.74) is 5.66. The number of hydrogen-bond acceptors (Lipinski definition) is 3. The minimum Gasteiger partial charge on any atom is -0.354 e. The Bertz CT molecular complexity index is 576. The number of nitrogens with one attached hydrogen (secondary N) is 1. The Morgan fingerprint density at radius 3 is 2.58 bits per heavy atom. The molecular weight excluding hydrogens is 234 g/mol. The zero-order chi connectivity index (χ0) is 13.8. The van der Waals surface area contributed by atoms with E-state index in [0.29, 0.717) is 0 Å². The van der Waals surface area contributed by atoms with Gasteiger partial charge in [-0.3, -0.25) is 0 Å². The number of aromatic nitrogens is 2. The van der Waals surface area contributed by atoms with Crippen molar-refractivity contribution in [2.75, 3.05) is 11.9 Å². The van der Waals surface area contributed by atoms with E-state index < -0.39 is 0 Å². The van der Waals surface area contributed by atoms with Crippen molar-refractivity contribution in [1.29, 1.82) is 0 Å². The van der Waals surface area contributed by atoms with Crippen molar-refractivity contribution in [1.82, 2.24) is 9.97 Å². The third-order valence-electron chi connectivity index (χ3n) is 3.06. The van der Waals surface area contributed by atoms with E-state index in [1.807, 2.05) is 13.0 Å². The minimum atomic E-state index is 0.720. The molecule has 0 fully saturated rings. The number of aryl methyl sites for hydroxylation is 3. The molecule has 0 saturated heterocycles. The smallest absolute Gasteiger partial charge is 0.223 e. The monoisotopic (exact) mass is 255 g/mol. The van der Waals surface area contributed by atoms with Crippen LogP contribution in [0.25, 0.3) is 11.3 Å². The second-order valence-electron chi connectivity index (χ2n) is 4.96. The Balaban J connectivity index is 2.43. The van der Waals surface area contributed by atoms with E-state index >= 15 is 0 Å². The second kappa shape index (κ2) is 5.83. The summed E-state index contributed by atoms with van der Waals surface area (Å²) in [6, 6.07) is 8.49. The predicted octanol–water partition coefficient (Wildman–Crippen LogP) is 3.89. The molecule has 2 aromatic rings. The third kappa shape index (κ3) is 3.31. The van der Waals surface area contributed by atoms with E-state index in [-0.39, 0.29) is 0 Å². The maximum Gasteiger partial charge on any atom is 0.223 e. The van der Waals surface area contributed by atoms with Crippen LogP contribution in [-0.2, 0) is 0 Å². The molecule has 1 heterocycles. The van der Waals surface area contributed by atoms with E-state index in [2.05, 4.69) is 54.3 Å². The Kier molecular flexibility index (Phi) is 4.15. The second-order valence-corrected chi connectivity index (χ2v) is 4.96. The molecule has 0 atom stereocenters. The molecule has 3 heteroatoms. The van der Waals surface area contributed by atoms with Crippen LogP contribution in [0, 0.1) is 20.8 Å². The normalized spacial score (nSPS) is 10.5. The average Bonchev–Trinajstić information content (AvgIpc) is 2.38. The van der Waals surface area contributed by atoms with Crippen molar-refractivity contribution in [2.45, 2.75) is 34.1 Å². The number of nitrogens with zero attached hydrogens (tertiary/aromatic N) is 2. The summed E-state index contributed by atoms with van der Waals surface area (Å²) in [4.78, 5) is 9.05. The maximum absolute atomic E-state index is 4.62. The fourth-order valence-corrected chi connectivity index (χ4v) is 2.03. The summed E-state index contributed by atoms with van der Waals surface area (Å²) in [5.74, 6) is 0.720. The molecule has 0 bridgehead atoms. The van der Waals surface area contributed by atoms with Crippen LogP contribution in [0.4, 0.5) is 5.95 Å². The Hall–Kier alpha value is -1.90. The summed E-state index contributed by atoms with van der Waals surface area (Å²) in [6.45, 7) is 9.26. The molecule has 0 spiro atoms. The Labute approximate surface area is 115 Å². The van der Waals surface area contributed by atoms with E-state index in [9.17, 15) is 0 Å². The first kappa shape index (κ1) is 13.5. The van der Waals surface area contributed by atoms with Crippen LogP contribution in [0.5, 0.6) is 0 Å². The molecule has 0 unspecified atom stereocenters. The molecule has 0 saturated carbocycles. The SMILES string of the molecule is CCCNc1nc(C)cc(-c2cc(C)ccc2C)n1. The van der Waals surface area contributed by atoms with E-state index in [0.717, 1.165) is 30.3 Å². The van der Waals surface area contributed by atoms with Crippen molar-refractivity contribution in [3.05, 3.63) is 41.1 Å². The Morgan fingerprint density at radius 1 is 1.05 bits per heavy atom. The standard InChI is InChI=1S/C16H21N3/c1-5-8-17-16-18-13(4)10-15(19-16)14-9-11(2)6-7-12(14)3/h6-7,9-10H,5,8H2,1-4H3,(H,17,18,19). The van der Waals surface area contributed by atoms with Gasteiger partial charge in [0.05, 0.1) is 5.69 Å². The topological polar surface area (TPSA) is 37.8 Å². The summed E-state index contributed by atoms with van der Waals surface area (Å²) in [5, 5.41) is 3.26. The third-order valence-corrected chi connectivity index (χ3v) is 3.06. The molecule has 1 aromatic carbocycles. The first-order chi connectivity index (χ1) is 9.10. The molecular formula is C16H21N3. The summed E-state index contributed by atoms with van der Waals surface area (Å²) >= 11 is 0. The summed E-state index contributed by atoms with van der Waals surface area (Å²) < 4.78 is 0. The zero-order valence-electron chi connectivity index (χ0n) is 12.1. The van der Waals surface area contributed by atoms with Crippen LogP contribution in [0.1, 0.15) is 30.2 Å². The van der Waals surface area contributed by atoms with Crippen LogP contribution in [0.15, 0.2) is 24.3 Å². The van der Waals surface area contributed by atoms with Crippen LogP contribution in [0.2, 0.25) is 0 Å². The van der Waals surface area contributed by atoms with Gasteiger partial charge < -0.3 is 5.32 Å². The lowest BCUT2D eigenvalue weighted by Crippen LogP contribution is -2.06. The van der Waals surface area contributed by atoms with Gasteiger partial charge in [0.25, 0.3) is 0 Å². The van der Waals surface area contributed by atoms with Crippen LogP contribution < -0.4 is 5.32 Å². The van der Waals surface area contributed by atoms with Gasteiger partial charge in [0.2, 0.25) is 5.95 Å². The van der Waals surface area contributed by atoms with Gasteiger partial charge in [-0.15, -0.1) is 0 Å². The predicted molar refractivity (Wildman–Crippen MR) is 80.5 cm³/mol. The van der Waals surface area contributed by atoms with Crippen LogP contribution >= 0.6 is 0 Å². The lowest BCUT2D eigenvalue weighted by molar-refractivity contribution is 0.947. The van der Waals surface area contributed by atoms with E-state index in [1.165, 1.54) is 16.7 Å². The number of benzene rings is 1. The maximum atomic E-state index is 4.62. The molecule has 2 rings (SSSR count). The van der Waals surface area contributed by atoms with Crippen molar-refractivity contribution in [3.63, 3.8) is 0 Å². The first-order valence-electron chi connectivity index (χ1n) is 6.77. The van der Waals surface area contributed by atoms with Gasteiger partial charge in [-0.05, 0) is 44.9 Å². The molecule has 0 radical (unpaired) electrons. The number of anilines is 1. The zero-order valence-corrected chi connectivity index (χ0v) is 12.1. The summed E-state index contributed by atoms with van der Waals surface area (Å²) in [6.07, 6.45) is 1.07. The van der Waals surface area contributed by atoms with Gasteiger partial charge >= 0.3 is 0 Å². The fourth-order valence-electron chi connectivity index (χ4n) is 2.03. The van der Waals surface area contributed by atoms with Crippen molar-refractivity contribution in [3.8, 4) is 11.3 Å². The number of rotatable bonds is 4. The van der Waals surface area contributed by atoms with Gasteiger partial charge in [-0.1, -0.05) is 24.6 Å². The van der Waals surface area contributed by atoms with Gasteiger partial charge in [0.1, 0.15) is 0 Å². The lowest BCUT2D eigenvalue weighted by atomic mass is 10.0. The minimum absolute atomic E-state index is 0.720. The molecule has 1 aromatic heterocycles. The molecule has 100 valence electrons. The fraction of sp³-hybridized carbons (Fsp3) is 0.375. The molecule has 0 aliphatic carbocycles. The van der Waals surface area contributed by atoms with Crippen molar-refractivity contribution >= 4 is 5.95 Å². The van der Waals surface area contributed by atoms with Gasteiger partial charge in [-0.2, -0.15) is 0 Å². The molecule has 0 aliphatic heterocycles. The average molecular weight is 255 g/mol. The Morgan fingerprint density at radius 2 is 1.84 bits per heavy atom. The highest BCUT2D eigenvalue weighted by Crippen LogP contribution is 2.24. The summed E-state index contributed by atoms with van der Waals surface area (Å²) in [7, 11) is 0. The van der Waals surface area contributed by atoms with E-state index in [4.69, 9.17) is 0 Å². The molecule has 0 aliphatic rings. The van der Waals surface area contributed by atoms with Crippen molar-refractivity contribution < 1.29 is 0 Å². The van der Waals surface area contributed by atoms with E-state index in [1.54, 1.807) is 0 Å². The highest BCUT2D eigenvalue weighted by Gasteiger charge is 2.07. The molecule has 3 nitrogen and oxygen atoms in total. The largest absolute Gasteiger partial charge is 0.354 e. The first-order valence-corrected chi connectivity index (χ1v) is 6.77. The quantitative estimate of drug-likeness (QED) is 0.900. The van der Waals surface area contributed by atoms with Gasteiger partial charge in [0, 0.05) is 17.8 Å². The van der Waals surface area contributed by atoms with Gasteiger partial charge in [-0.25, -0.2) is 9.97 Å². The van der Waals surface area contributed by atoms with Crippen LogP contribution in [0.3, 0.4) is 0 Å². The van der Waals surface area contributed by atoms with Crippen molar-refractivity contribution in [2.24, 2.45) is 0 Å². The lowest BCUT2D eigenvalue weighted by Gasteiger charge is -2.10. The highest BCUT2D eigenvalue weighted by atomic mass is 15.1. The molecule has 0 amide bonds. The highest BCUT2D eigenvalue weighted by molar-refractivity contribution is 5.65. The van der Waals surface area contributed by atoms with Crippen LogP contribution in [-0.4, -0.2) is 16.5 Å². The molecule has 1 N–H and O–H groups in total.